The average Bonchev–Trinajstić information content (AvgIpc) is 3.23. The number of ether oxygens (including phenoxy) is 1. The number of carbonyl (C=O) groups is 1. The van der Waals surface area contributed by atoms with Crippen molar-refractivity contribution in [3.63, 3.8) is 0 Å². The summed E-state index contributed by atoms with van der Waals surface area (Å²) in [5, 5.41) is 11.9. The number of halogens is 3. The highest BCUT2D eigenvalue weighted by molar-refractivity contribution is 5.73. The van der Waals surface area contributed by atoms with Crippen LogP contribution in [0.3, 0.4) is 0 Å². The van der Waals surface area contributed by atoms with Crippen molar-refractivity contribution < 1.29 is 27.8 Å². The summed E-state index contributed by atoms with van der Waals surface area (Å²) in [4.78, 5) is 16.2. The molecule has 4 rings (SSSR count). The van der Waals surface area contributed by atoms with Gasteiger partial charge in [0.25, 0.3) is 0 Å². The van der Waals surface area contributed by atoms with E-state index in [1.54, 1.807) is 7.11 Å². The summed E-state index contributed by atoms with van der Waals surface area (Å²) >= 11 is 0. The third kappa shape index (κ3) is 6.44. The lowest BCUT2D eigenvalue weighted by atomic mass is 9.96. The number of pyridine rings is 1. The van der Waals surface area contributed by atoms with E-state index in [1.165, 1.54) is 13.0 Å². The molecule has 0 unspecified atom stereocenters. The molecule has 1 aliphatic rings. The SMILES string of the molecule is CCCN1CCC(c2nc3ccc(-c4cccc(OC)c4)cn3n2)CC1.O=C(O)C(F)(F)F. The average molecular weight is 464 g/mol. The molecule has 0 saturated carbocycles. The molecule has 1 aromatic carbocycles. The number of aliphatic carboxylic acids is 1. The zero-order chi connectivity index (χ0) is 24.0. The van der Waals surface area contributed by atoms with Gasteiger partial charge in [-0.15, -0.1) is 0 Å². The molecule has 0 aliphatic carbocycles. The minimum absolute atomic E-state index is 0.475. The molecular formula is C23H27F3N4O3. The molecule has 0 bridgehead atoms. The van der Waals surface area contributed by atoms with E-state index in [-0.39, 0.29) is 0 Å². The van der Waals surface area contributed by atoms with Crippen molar-refractivity contribution >= 4 is 11.6 Å². The number of aromatic nitrogens is 3. The van der Waals surface area contributed by atoms with Crippen LogP contribution >= 0.6 is 0 Å². The Labute approximate surface area is 189 Å². The fourth-order valence-electron chi connectivity index (χ4n) is 3.78. The van der Waals surface area contributed by atoms with Crippen LogP contribution in [-0.2, 0) is 4.79 Å². The Hall–Kier alpha value is -3.14. The number of nitrogens with zero attached hydrogens (tertiary/aromatic N) is 4. The molecule has 2 aromatic heterocycles. The quantitative estimate of drug-likeness (QED) is 0.593. The van der Waals surface area contributed by atoms with Crippen molar-refractivity contribution in [2.75, 3.05) is 26.7 Å². The van der Waals surface area contributed by atoms with Crippen LogP contribution in [0, 0.1) is 0 Å². The van der Waals surface area contributed by atoms with Crippen molar-refractivity contribution in [2.24, 2.45) is 0 Å². The summed E-state index contributed by atoms with van der Waals surface area (Å²) in [5.41, 5.74) is 3.16. The van der Waals surface area contributed by atoms with Gasteiger partial charge in [-0.05, 0) is 68.7 Å². The van der Waals surface area contributed by atoms with Crippen LogP contribution in [-0.4, -0.2) is 63.5 Å². The van der Waals surface area contributed by atoms with Gasteiger partial charge in [0.1, 0.15) is 5.75 Å². The molecular weight excluding hydrogens is 437 g/mol. The lowest BCUT2D eigenvalue weighted by molar-refractivity contribution is -0.192. The van der Waals surface area contributed by atoms with Gasteiger partial charge in [-0.1, -0.05) is 19.1 Å². The Balaban J connectivity index is 0.000000383. The monoisotopic (exact) mass is 464 g/mol. The second-order valence-electron chi connectivity index (χ2n) is 7.84. The number of fused-ring (bicyclic) bond motifs is 1. The second-order valence-corrected chi connectivity index (χ2v) is 7.84. The predicted octanol–water partition coefficient (Wildman–Crippen LogP) is 4.63. The maximum atomic E-state index is 10.6. The highest BCUT2D eigenvalue weighted by Crippen LogP contribution is 2.28. The molecule has 0 spiro atoms. The van der Waals surface area contributed by atoms with Crippen molar-refractivity contribution in [1.82, 2.24) is 19.5 Å². The number of carboxylic acid groups (broad SMARTS) is 1. The molecule has 33 heavy (non-hydrogen) atoms. The van der Waals surface area contributed by atoms with Gasteiger partial charge in [0, 0.05) is 17.7 Å². The van der Waals surface area contributed by atoms with E-state index in [0.717, 1.165) is 54.3 Å². The normalized spacial score (nSPS) is 15.2. The van der Waals surface area contributed by atoms with Crippen LogP contribution in [0.15, 0.2) is 42.6 Å². The number of carboxylic acids is 1. The summed E-state index contributed by atoms with van der Waals surface area (Å²) in [6.45, 7) is 5.76. The van der Waals surface area contributed by atoms with Crippen molar-refractivity contribution in [3.05, 3.63) is 48.4 Å². The first-order chi connectivity index (χ1) is 15.7. The standard InChI is InChI=1S/C21H26N4O.C2HF3O2/c1-3-11-24-12-9-16(10-13-24)21-22-20-8-7-18(15-25(20)23-21)17-5-4-6-19(14-17)26-2;3-2(4,5)1(6)7/h4-8,14-16H,3,9-13H2,1-2H3;(H,6,7). The Kier molecular flexibility index (Phi) is 7.91. The number of methoxy groups -OCH3 is 1. The van der Waals surface area contributed by atoms with Gasteiger partial charge < -0.3 is 14.7 Å². The second kappa shape index (κ2) is 10.7. The summed E-state index contributed by atoms with van der Waals surface area (Å²) in [6, 6.07) is 12.3. The molecule has 0 amide bonds. The molecule has 10 heteroatoms. The number of hydrogen-bond donors (Lipinski definition) is 1. The van der Waals surface area contributed by atoms with Crippen LogP contribution < -0.4 is 4.74 Å². The zero-order valence-electron chi connectivity index (χ0n) is 18.5. The molecule has 1 saturated heterocycles. The Morgan fingerprint density at radius 1 is 1.18 bits per heavy atom. The van der Waals surface area contributed by atoms with Gasteiger partial charge in [0.15, 0.2) is 11.5 Å². The van der Waals surface area contributed by atoms with Crippen molar-refractivity contribution in [1.29, 1.82) is 0 Å². The number of alkyl halides is 3. The van der Waals surface area contributed by atoms with Crippen molar-refractivity contribution in [2.45, 2.75) is 38.3 Å². The van der Waals surface area contributed by atoms with E-state index >= 15 is 0 Å². The van der Waals surface area contributed by atoms with E-state index in [0.29, 0.717) is 5.92 Å². The van der Waals surface area contributed by atoms with E-state index in [9.17, 15) is 13.2 Å². The maximum absolute atomic E-state index is 10.6. The Bertz CT molecular complexity index is 1080. The number of hydrogen-bond acceptors (Lipinski definition) is 5. The molecule has 3 heterocycles. The number of rotatable bonds is 5. The highest BCUT2D eigenvalue weighted by atomic mass is 19.4. The van der Waals surface area contributed by atoms with E-state index in [2.05, 4.69) is 36.2 Å². The van der Waals surface area contributed by atoms with Crippen LogP contribution in [0.1, 0.15) is 37.9 Å². The fourth-order valence-corrected chi connectivity index (χ4v) is 3.78. The van der Waals surface area contributed by atoms with E-state index < -0.39 is 12.1 Å². The Morgan fingerprint density at radius 2 is 1.88 bits per heavy atom. The minimum atomic E-state index is -5.08. The maximum Gasteiger partial charge on any atom is 0.490 e. The van der Waals surface area contributed by atoms with Gasteiger partial charge in [-0.25, -0.2) is 14.3 Å². The van der Waals surface area contributed by atoms with Crippen molar-refractivity contribution in [3.8, 4) is 16.9 Å². The zero-order valence-corrected chi connectivity index (χ0v) is 18.5. The summed E-state index contributed by atoms with van der Waals surface area (Å²) in [5.74, 6) is -0.430. The first-order valence-electron chi connectivity index (χ1n) is 10.7. The predicted molar refractivity (Wildman–Crippen MR) is 117 cm³/mol. The smallest absolute Gasteiger partial charge is 0.490 e. The molecule has 1 aliphatic heterocycles. The molecule has 0 radical (unpaired) electrons. The van der Waals surface area contributed by atoms with Gasteiger partial charge >= 0.3 is 12.1 Å². The first kappa shape index (κ1) is 24.5. The summed E-state index contributed by atoms with van der Waals surface area (Å²) < 4.78 is 39.0. The largest absolute Gasteiger partial charge is 0.497 e. The van der Waals surface area contributed by atoms with E-state index in [1.807, 2.05) is 22.7 Å². The first-order valence-corrected chi connectivity index (χ1v) is 10.7. The summed E-state index contributed by atoms with van der Waals surface area (Å²) in [7, 11) is 1.69. The Morgan fingerprint density at radius 3 is 2.48 bits per heavy atom. The molecule has 7 nitrogen and oxygen atoms in total. The van der Waals surface area contributed by atoms with Crippen LogP contribution in [0.5, 0.6) is 5.75 Å². The molecule has 1 N–H and O–H groups in total. The van der Waals surface area contributed by atoms with Crippen LogP contribution in [0.2, 0.25) is 0 Å². The third-order valence-electron chi connectivity index (χ3n) is 5.49. The van der Waals surface area contributed by atoms with E-state index in [4.69, 9.17) is 24.7 Å². The lowest BCUT2D eigenvalue weighted by Gasteiger charge is -2.30. The topological polar surface area (TPSA) is 80.0 Å². The summed E-state index contributed by atoms with van der Waals surface area (Å²) in [6.07, 6.45) is 0.510. The van der Waals surface area contributed by atoms with Gasteiger partial charge in [0.2, 0.25) is 0 Å². The van der Waals surface area contributed by atoms with Gasteiger partial charge in [-0.2, -0.15) is 18.3 Å². The van der Waals surface area contributed by atoms with Gasteiger partial charge in [0.05, 0.1) is 7.11 Å². The molecule has 1 fully saturated rings. The number of piperidine rings is 1. The van der Waals surface area contributed by atoms with Crippen LogP contribution in [0.4, 0.5) is 13.2 Å². The highest BCUT2D eigenvalue weighted by Gasteiger charge is 2.38. The third-order valence-corrected chi connectivity index (χ3v) is 5.49. The number of likely N-dealkylation sites (tertiary alicyclic amines) is 1. The number of benzene rings is 1. The molecule has 178 valence electrons. The molecule has 0 atom stereocenters. The van der Waals surface area contributed by atoms with Gasteiger partial charge in [-0.3, -0.25) is 0 Å². The fraction of sp³-hybridized carbons (Fsp3) is 0.435. The molecule has 3 aromatic rings. The lowest BCUT2D eigenvalue weighted by Crippen LogP contribution is -2.33. The van der Waals surface area contributed by atoms with Crippen LogP contribution in [0.25, 0.3) is 16.8 Å². The minimum Gasteiger partial charge on any atom is -0.497 e.